The molecule has 3 N–H and O–H groups in total. The van der Waals surface area contributed by atoms with Gasteiger partial charge in [0, 0.05) is 24.9 Å². The van der Waals surface area contributed by atoms with Crippen molar-refractivity contribution in [2.75, 3.05) is 32.7 Å². The summed E-state index contributed by atoms with van der Waals surface area (Å²) in [6.07, 6.45) is 1.67. The molecule has 1 aromatic rings. The molecule has 0 aliphatic carbocycles. The SMILES string of the molecule is COCC(CCCN)Nc1ccc(OC)c(OC(F)F)c1. The molecule has 0 bridgehead atoms. The van der Waals surface area contributed by atoms with Crippen LogP contribution in [0, 0.1) is 0 Å². The normalized spacial score (nSPS) is 12.3. The number of ether oxygens (including phenoxy) is 3. The Balaban J connectivity index is 2.80. The number of benzene rings is 1. The minimum absolute atomic E-state index is 0.00695. The van der Waals surface area contributed by atoms with Gasteiger partial charge in [-0.05, 0) is 31.5 Å². The average Bonchev–Trinajstić information content (AvgIpc) is 2.44. The quantitative estimate of drug-likeness (QED) is 0.695. The van der Waals surface area contributed by atoms with Crippen LogP contribution in [0.5, 0.6) is 11.5 Å². The zero-order valence-corrected chi connectivity index (χ0v) is 12.3. The number of hydrogen-bond donors (Lipinski definition) is 2. The van der Waals surface area contributed by atoms with E-state index in [4.69, 9.17) is 15.2 Å². The molecule has 5 nitrogen and oxygen atoms in total. The number of methoxy groups -OCH3 is 2. The highest BCUT2D eigenvalue weighted by atomic mass is 19.3. The van der Waals surface area contributed by atoms with Crippen molar-refractivity contribution in [2.45, 2.75) is 25.5 Å². The summed E-state index contributed by atoms with van der Waals surface area (Å²) in [6, 6.07) is 4.84. The van der Waals surface area contributed by atoms with Crippen molar-refractivity contribution in [3.05, 3.63) is 18.2 Å². The topological polar surface area (TPSA) is 65.7 Å². The van der Waals surface area contributed by atoms with Crippen molar-refractivity contribution in [3.63, 3.8) is 0 Å². The smallest absolute Gasteiger partial charge is 0.387 e. The lowest BCUT2D eigenvalue weighted by Gasteiger charge is -2.20. The van der Waals surface area contributed by atoms with Gasteiger partial charge in [-0.15, -0.1) is 0 Å². The third kappa shape index (κ3) is 6.14. The lowest BCUT2D eigenvalue weighted by molar-refractivity contribution is -0.0511. The first kappa shape index (κ1) is 17.5. The lowest BCUT2D eigenvalue weighted by atomic mass is 10.1. The van der Waals surface area contributed by atoms with Crippen molar-refractivity contribution in [1.29, 1.82) is 0 Å². The Morgan fingerprint density at radius 2 is 2.00 bits per heavy atom. The van der Waals surface area contributed by atoms with Gasteiger partial charge in [-0.1, -0.05) is 0 Å². The Morgan fingerprint density at radius 1 is 1.24 bits per heavy atom. The van der Waals surface area contributed by atoms with Crippen LogP contribution in [0.2, 0.25) is 0 Å². The Labute approximate surface area is 123 Å². The largest absolute Gasteiger partial charge is 0.493 e. The van der Waals surface area contributed by atoms with Crippen molar-refractivity contribution in [1.82, 2.24) is 0 Å². The van der Waals surface area contributed by atoms with E-state index in [1.54, 1.807) is 19.2 Å². The monoisotopic (exact) mass is 304 g/mol. The van der Waals surface area contributed by atoms with Crippen molar-refractivity contribution in [2.24, 2.45) is 5.73 Å². The molecule has 0 amide bonds. The van der Waals surface area contributed by atoms with Gasteiger partial charge in [0.25, 0.3) is 0 Å². The first-order chi connectivity index (χ1) is 10.1. The molecule has 0 spiro atoms. The lowest BCUT2D eigenvalue weighted by Crippen LogP contribution is -2.25. The summed E-state index contributed by atoms with van der Waals surface area (Å²) < 4.78 is 39.3. The van der Waals surface area contributed by atoms with E-state index in [1.807, 2.05) is 0 Å². The van der Waals surface area contributed by atoms with Crippen LogP contribution in [0.3, 0.4) is 0 Å². The van der Waals surface area contributed by atoms with E-state index in [9.17, 15) is 8.78 Å². The van der Waals surface area contributed by atoms with Gasteiger partial charge in [0.05, 0.1) is 13.7 Å². The summed E-state index contributed by atoms with van der Waals surface area (Å²) in [5, 5.41) is 3.22. The Hall–Kier alpha value is -1.60. The number of hydrogen-bond acceptors (Lipinski definition) is 5. The molecule has 120 valence electrons. The van der Waals surface area contributed by atoms with E-state index in [2.05, 4.69) is 10.1 Å². The molecular formula is C14H22F2N2O3. The fourth-order valence-electron chi connectivity index (χ4n) is 1.95. The zero-order valence-electron chi connectivity index (χ0n) is 12.3. The summed E-state index contributed by atoms with van der Waals surface area (Å²) in [5.41, 5.74) is 6.15. The molecule has 0 fully saturated rings. The van der Waals surface area contributed by atoms with Crippen molar-refractivity contribution < 1.29 is 23.0 Å². The Bertz CT molecular complexity index is 419. The zero-order chi connectivity index (χ0) is 15.7. The van der Waals surface area contributed by atoms with Gasteiger partial charge >= 0.3 is 6.61 Å². The van der Waals surface area contributed by atoms with Crippen molar-refractivity contribution in [3.8, 4) is 11.5 Å². The molecule has 1 atom stereocenters. The van der Waals surface area contributed by atoms with Gasteiger partial charge in [-0.25, -0.2) is 0 Å². The predicted molar refractivity (Wildman–Crippen MR) is 77.2 cm³/mol. The molecule has 1 rings (SSSR count). The van der Waals surface area contributed by atoms with Gasteiger partial charge in [0.15, 0.2) is 11.5 Å². The summed E-state index contributed by atoms with van der Waals surface area (Å²) in [5.74, 6) is 0.249. The van der Waals surface area contributed by atoms with E-state index in [0.717, 1.165) is 12.8 Å². The van der Waals surface area contributed by atoms with Crippen LogP contribution in [-0.2, 0) is 4.74 Å². The van der Waals surface area contributed by atoms with E-state index in [0.29, 0.717) is 18.8 Å². The van der Waals surface area contributed by atoms with E-state index in [-0.39, 0.29) is 17.5 Å². The highest BCUT2D eigenvalue weighted by Gasteiger charge is 2.13. The first-order valence-corrected chi connectivity index (χ1v) is 6.69. The van der Waals surface area contributed by atoms with E-state index < -0.39 is 6.61 Å². The number of anilines is 1. The highest BCUT2D eigenvalue weighted by molar-refractivity contribution is 5.55. The summed E-state index contributed by atoms with van der Waals surface area (Å²) in [6.45, 7) is -1.82. The fraction of sp³-hybridized carbons (Fsp3) is 0.571. The maximum atomic E-state index is 12.4. The molecule has 0 radical (unpaired) electrons. The number of alkyl halides is 2. The molecule has 7 heteroatoms. The third-order valence-electron chi connectivity index (χ3n) is 2.88. The van der Waals surface area contributed by atoms with Gasteiger partial charge in [0.2, 0.25) is 0 Å². The fourth-order valence-corrected chi connectivity index (χ4v) is 1.95. The first-order valence-electron chi connectivity index (χ1n) is 6.69. The minimum Gasteiger partial charge on any atom is -0.493 e. The Morgan fingerprint density at radius 3 is 2.57 bits per heavy atom. The molecule has 0 heterocycles. The van der Waals surface area contributed by atoms with Crippen LogP contribution in [0.1, 0.15) is 12.8 Å². The van der Waals surface area contributed by atoms with Crippen molar-refractivity contribution >= 4 is 5.69 Å². The maximum Gasteiger partial charge on any atom is 0.387 e. The molecule has 1 aromatic carbocycles. The van der Waals surface area contributed by atoms with Gasteiger partial charge in [0.1, 0.15) is 0 Å². The number of rotatable bonds is 10. The molecule has 0 aliphatic heterocycles. The molecule has 0 saturated carbocycles. The predicted octanol–water partition coefficient (Wildman–Crippen LogP) is 2.46. The summed E-state index contributed by atoms with van der Waals surface area (Å²) >= 11 is 0. The second kappa shape index (κ2) is 9.36. The number of nitrogens with one attached hydrogen (secondary N) is 1. The van der Waals surface area contributed by atoms with Crippen LogP contribution >= 0.6 is 0 Å². The van der Waals surface area contributed by atoms with Crippen LogP contribution in [0.15, 0.2) is 18.2 Å². The minimum atomic E-state index is -2.90. The van der Waals surface area contributed by atoms with Gasteiger partial charge in [-0.2, -0.15) is 8.78 Å². The molecule has 0 saturated heterocycles. The number of halogens is 2. The van der Waals surface area contributed by atoms with Crippen LogP contribution in [0.4, 0.5) is 14.5 Å². The van der Waals surface area contributed by atoms with Gasteiger partial charge in [-0.3, -0.25) is 0 Å². The second-order valence-corrected chi connectivity index (χ2v) is 4.47. The van der Waals surface area contributed by atoms with Crippen LogP contribution in [0.25, 0.3) is 0 Å². The summed E-state index contributed by atoms with van der Waals surface area (Å²) in [4.78, 5) is 0. The van der Waals surface area contributed by atoms with Crippen LogP contribution in [-0.4, -0.2) is 40.0 Å². The molecular weight excluding hydrogens is 282 g/mol. The Kier molecular flexibility index (Phi) is 7.78. The van der Waals surface area contributed by atoms with E-state index in [1.165, 1.54) is 13.2 Å². The van der Waals surface area contributed by atoms with E-state index >= 15 is 0 Å². The van der Waals surface area contributed by atoms with Crippen LogP contribution < -0.4 is 20.5 Å². The second-order valence-electron chi connectivity index (χ2n) is 4.47. The average molecular weight is 304 g/mol. The summed E-state index contributed by atoms with van der Waals surface area (Å²) in [7, 11) is 3.01. The molecule has 1 unspecified atom stereocenters. The molecule has 0 aliphatic rings. The third-order valence-corrected chi connectivity index (χ3v) is 2.88. The molecule has 21 heavy (non-hydrogen) atoms. The molecule has 0 aromatic heterocycles. The standard InChI is InChI=1S/C14H22F2N2O3/c1-19-9-11(4-3-7-17)18-10-5-6-12(20-2)13(8-10)21-14(15)16/h5-6,8,11,14,18H,3-4,7,9,17H2,1-2H3. The van der Waals surface area contributed by atoms with Gasteiger partial charge < -0.3 is 25.3 Å². The highest BCUT2D eigenvalue weighted by Crippen LogP contribution is 2.31. The maximum absolute atomic E-state index is 12.4. The number of nitrogens with two attached hydrogens (primary N) is 1.